The van der Waals surface area contributed by atoms with Gasteiger partial charge in [-0.1, -0.05) is 66.8 Å². The molecule has 2 aromatic carbocycles. The summed E-state index contributed by atoms with van der Waals surface area (Å²) < 4.78 is 0. The minimum Gasteiger partial charge on any atom is -0.0984 e. The lowest BCUT2D eigenvalue weighted by atomic mass is 9.75. The third kappa shape index (κ3) is 1.74. The number of benzene rings is 2. The number of rotatable bonds is 1. The standard InChI is InChI=1S/C24H20/c1-3-18-15(2)11-12-17-14-22-20-9-5-4-8-19(20)16-7-6-10-21(24(17)18)23(22)13-16/h3-10,14H,1,11-13H2,2H3. The summed E-state index contributed by atoms with van der Waals surface area (Å²) in [5, 5.41) is 0. The Hall–Kier alpha value is -2.60. The van der Waals surface area contributed by atoms with Crippen molar-refractivity contribution in [1.29, 1.82) is 0 Å². The quantitative estimate of drug-likeness (QED) is 0.586. The van der Waals surface area contributed by atoms with Gasteiger partial charge in [-0.2, -0.15) is 0 Å². The molecule has 5 rings (SSSR count). The first-order valence-corrected chi connectivity index (χ1v) is 8.76. The minimum atomic E-state index is 1.03. The molecular weight excluding hydrogens is 288 g/mol. The molecule has 0 unspecified atom stereocenters. The monoisotopic (exact) mass is 308 g/mol. The molecule has 0 heteroatoms. The van der Waals surface area contributed by atoms with Crippen LogP contribution in [0.5, 0.6) is 0 Å². The average molecular weight is 308 g/mol. The molecule has 116 valence electrons. The van der Waals surface area contributed by atoms with Gasteiger partial charge in [0.05, 0.1) is 0 Å². The second-order valence-electron chi connectivity index (χ2n) is 7.02. The van der Waals surface area contributed by atoms with E-state index in [4.69, 9.17) is 0 Å². The normalized spacial score (nSPS) is 17.0. The van der Waals surface area contributed by atoms with Gasteiger partial charge < -0.3 is 0 Å². The SMILES string of the molecule is C=CC1=C(C)CCc2cc3c4c(c21)C=CC=C(C4)c1ccccc1-3. The van der Waals surface area contributed by atoms with E-state index in [9.17, 15) is 0 Å². The van der Waals surface area contributed by atoms with Gasteiger partial charge in [0.25, 0.3) is 0 Å². The van der Waals surface area contributed by atoms with E-state index < -0.39 is 0 Å². The largest absolute Gasteiger partial charge is 0.0984 e. The summed E-state index contributed by atoms with van der Waals surface area (Å²) in [4.78, 5) is 0. The number of aryl methyl sites for hydroxylation is 1. The van der Waals surface area contributed by atoms with Crippen molar-refractivity contribution < 1.29 is 0 Å². The van der Waals surface area contributed by atoms with Crippen molar-refractivity contribution >= 4 is 17.2 Å². The summed E-state index contributed by atoms with van der Waals surface area (Å²) in [6.07, 6.45) is 12.2. The zero-order chi connectivity index (χ0) is 16.3. The van der Waals surface area contributed by atoms with Crippen molar-refractivity contribution in [2.24, 2.45) is 0 Å². The van der Waals surface area contributed by atoms with Gasteiger partial charge in [0, 0.05) is 0 Å². The molecule has 0 aromatic heterocycles. The highest BCUT2D eigenvalue weighted by molar-refractivity contribution is 5.97. The molecule has 0 spiro atoms. The fourth-order valence-corrected chi connectivity index (χ4v) is 4.57. The van der Waals surface area contributed by atoms with Gasteiger partial charge in [0.1, 0.15) is 0 Å². The van der Waals surface area contributed by atoms with Gasteiger partial charge in [-0.15, -0.1) is 0 Å². The Balaban J connectivity index is 1.92. The van der Waals surface area contributed by atoms with E-state index in [1.807, 2.05) is 0 Å². The molecule has 2 bridgehead atoms. The molecule has 0 N–H and O–H groups in total. The molecule has 0 atom stereocenters. The number of fused-ring (bicyclic) bond motifs is 6. The first-order chi connectivity index (χ1) is 11.8. The van der Waals surface area contributed by atoms with Crippen molar-refractivity contribution in [2.45, 2.75) is 26.2 Å². The molecule has 0 radical (unpaired) electrons. The summed E-state index contributed by atoms with van der Waals surface area (Å²) >= 11 is 0. The summed E-state index contributed by atoms with van der Waals surface area (Å²) in [6, 6.07) is 11.3. The summed E-state index contributed by atoms with van der Waals surface area (Å²) in [5.74, 6) is 0. The first-order valence-electron chi connectivity index (χ1n) is 8.76. The highest BCUT2D eigenvalue weighted by Gasteiger charge is 2.28. The van der Waals surface area contributed by atoms with E-state index in [-0.39, 0.29) is 0 Å². The molecular formula is C24H20. The van der Waals surface area contributed by atoms with Crippen molar-refractivity contribution in [3.63, 3.8) is 0 Å². The zero-order valence-electron chi connectivity index (χ0n) is 14.0. The van der Waals surface area contributed by atoms with Crippen LogP contribution in [0.4, 0.5) is 0 Å². The Kier molecular flexibility index (Phi) is 2.84. The van der Waals surface area contributed by atoms with Crippen molar-refractivity contribution in [3.8, 4) is 11.1 Å². The fraction of sp³-hybridized carbons (Fsp3) is 0.167. The van der Waals surface area contributed by atoms with E-state index in [0.29, 0.717) is 0 Å². The first kappa shape index (κ1) is 13.8. The van der Waals surface area contributed by atoms with Crippen LogP contribution >= 0.6 is 0 Å². The summed E-state index contributed by atoms with van der Waals surface area (Å²) in [6.45, 7) is 6.35. The van der Waals surface area contributed by atoms with Crippen molar-refractivity contribution in [2.75, 3.05) is 0 Å². The molecule has 3 aliphatic rings. The van der Waals surface area contributed by atoms with E-state index in [1.165, 1.54) is 55.7 Å². The Bertz CT molecular complexity index is 993. The Labute approximate surface area is 143 Å². The maximum Gasteiger partial charge on any atom is -0.000727 e. The summed E-state index contributed by atoms with van der Waals surface area (Å²) in [7, 11) is 0. The van der Waals surface area contributed by atoms with Gasteiger partial charge in [-0.3, -0.25) is 0 Å². The van der Waals surface area contributed by atoms with Gasteiger partial charge >= 0.3 is 0 Å². The Morgan fingerprint density at radius 1 is 1.04 bits per heavy atom. The lowest BCUT2D eigenvalue weighted by Gasteiger charge is -2.29. The van der Waals surface area contributed by atoms with Crippen molar-refractivity contribution in [3.05, 3.63) is 88.5 Å². The maximum atomic E-state index is 4.10. The summed E-state index contributed by atoms with van der Waals surface area (Å²) in [5.41, 5.74) is 14.3. The third-order valence-electron chi connectivity index (χ3n) is 5.75. The van der Waals surface area contributed by atoms with Gasteiger partial charge in [-0.05, 0) is 76.3 Å². The van der Waals surface area contributed by atoms with E-state index in [2.05, 4.69) is 68.1 Å². The van der Waals surface area contributed by atoms with E-state index >= 15 is 0 Å². The molecule has 3 aliphatic carbocycles. The lowest BCUT2D eigenvalue weighted by Crippen LogP contribution is -2.11. The maximum absolute atomic E-state index is 4.10. The molecule has 0 heterocycles. The van der Waals surface area contributed by atoms with Gasteiger partial charge in [0.2, 0.25) is 0 Å². The third-order valence-corrected chi connectivity index (χ3v) is 5.75. The van der Waals surface area contributed by atoms with E-state index in [1.54, 1.807) is 0 Å². The second-order valence-corrected chi connectivity index (χ2v) is 7.02. The number of hydrogen-bond donors (Lipinski definition) is 0. The molecule has 24 heavy (non-hydrogen) atoms. The predicted molar refractivity (Wildman–Crippen MR) is 104 cm³/mol. The average Bonchev–Trinajstić information content (AvgIpc) is 2.82. The van der Waals surface area contributed by atoms with E-state index in [0.717, 1.165) is 19.3 Å². The Morgan fingerprint density at radius 2 is 1.88 bits per heavy atom. The van der Waals surface area contributed by atoms with Crippen LogP contribution in [-0.2, 0) is 12.8 Å². The molecule has 0 saturated carbocycles. The molecule has 0 fully saturated rings. The molecule has 0 saturated heterocycles. The lowest BCUT2D eigenvalue weighted by molar-refractivity contribution is 0.917. The van der Waals surface area contributed by atoms with Crippen LogP contribution in [0.1, 0.15) is 41.2 Å². The van der Waals surface area contributed by atoms with Crippen LogP contribution in [0, 0.1) is 0 Å². The fourth-order valence-electron chi connectivity index (χ4n) is 4.57. The molecule has 0 nitrogen and oxygen atoms in total. The molecule has 2 aromatic rings. The van der Waals surface area contributed by atoms with Crippen LogP contribution in [0.25, 0.3) is 28.3 Å². The predicted octanol–water partition coefficient (Wildman–Crippen LogP) is 6.23. The van der Waals surface area contributed by atoms with Gasteiger partial charge in [0.15, 0.2) is 0 Å². The molecule has 0 aliphatic heterocycles. The minimum absolute atomic E-state index is 1.03. The van der Waals surface area contributed by atoms with Crippen LogP contribution in [0.15, 0.2) is 60.7 Å². The second kappa shape index (κ2) is 4.95. The van der Waals surface area contributed by atoms with Crippen molar-refractivity contribution in [1.82, 2.24) is 0 Å². The van der Waals surface area contributed by atoms with Crippen LogP contribution < -0.4 is 0 Å². The number of allylic oxidation sites excluding steroid dienone is 6. The topological polar surface area (TPSA) is 0 Å². The smallest absolute Gasteiger partial charge is 0.000727 e. The van der Waals surface area contributed by atoms with Crippen LogP contribution in [0.2, 0.25) is 0 Å². The highest BCUT2D eigenvalue weighted by Crippen LogP contribution is 2.47. The van der Waals surface area contributed by atoms with Crippen LogP contribution in [-0.4, -0.2) is 0 Å². The molecule has 0 amide bonds. The van der Waals surface area contributed by atoms with Gasteiger partial charge in [-0.25, -0.2) is 0 Å². The van der Waals surface area contributed by atoms with Crippen LogP contribution in [0.3, 0.4) is 0 Å². The Morgan fingerprint density at radius 3 is 2.71 bits per heavy atom. The highest BCUT2D eigenvalue weighted by atomic mass is 14.3. The number of hydrogen-bond acceptors (Lipinski definition) is 0. The zero-order valence-corrected chi connectivity index (χ0v) is 14.0.